The van der Waals surface area contributed by atoms with Crippen LogP contribution in [-0.2, 0) is 4.79 Å². The van der Waals surface area contributed by atoms with E-state index in [2.05, 4.69) is 19.7 Å². The van der Waals surface area contributed by atoms with E-state index in [1.165, 1.54) is 0 Å². The van der Waals surface area contributed by atoms with E-state index in [4.69, 9.17) is 0 Å². The van der Waals surface area contributed by atoms with Gasteiger partial charge in [0.2, 0.25) is 0 Å². The summed E-state index contributed by atoms with van der Waals surface area (Å²) < 4.78 is 0. The first-order chi connectivity index (χ1) is 4.72. The number of carbonyl (C=O) groups is 1. The minimum atomic E-state index is 0.382. The molecular formula is C9H12O. The van der Waals surface area contributed by atoms with Crippen LogP contribution >= 0.6 is 0 Å². The van der Waals surface area contributed by atoms with Gasteiger partial charge in [-0.05, 0) is 17.6 Å². The molecule has 0 heterocycles. The highest BCUT2D eigenvalue weighted by Crippen LogP contribution is 2.11. The average Bonchev–Trinajstić information content (AvgIpc) is 1.89. The molecule has 0 spiro atoms. The highest BCUT2D eigenvalue weighted by molar-refractivity contribution is 5.57. The lowest BCUT2D eigenvalue weighted by Crippen LogP contribution is -1.85. The van der Waals surface area contributed by atoms with Crippen molar-refractivity contribution in [2.24, 2.45) is 0 Å². The second kappa shape index (κ2) is 4.74. The number of hydrogen-bond donors (Lipinski definition) is 0. The van der Waals surface area contributed by atoms with Gasteiger partial charge in [-0.25, -0.2) is 0 Å². The van der Waals surface area contributed by atoms with E-state index >= 15 is 0 Å². The van der Waals surface area contributed by atoms with E-state index in [0.717, 1.165) is 17.4 Å². The average molecular weight is 136 g/mol. The zero-order valence-corrected chi connectivity index (χ0v) is 6.10. The minimum Gasteiger partial charge on any atom is -0.303 e. The molecule has 0 aromatic rings. The Morgan fingerprint density at radius 2 is 1.70 bits per heavy atom. The number of rotatable bonds is 5. The predicted octanol–water partition coefficient (Wildman–Crippen LogP) is 2.26. The molecule has 0 saturated heterocycles. The highest BCUT2D eigenvalue weighted by Gasteiger charge is 1.95. The van der Waals surface area contributed by atoms with Crippen LogP contribution in [-0.4, -0.2) is 6.29 Å². The fourth-order valence-corrected chi connectivity index (χ4v) is 0.563. The fraction of sp³-hybridized carbons (Fsp3) is 0.222. The van der Waals surface area contributed by atoms with E-state index < -0.39 is 0 Å². The molecule has 0 unspecified atom stereocenters. The van der Waals surface area contributed by atoms with Gasteiger partial charge in [-0.2, -0.15) is 0 Å². The first-order valence-electron chi connectivity index (χ1n) is 3.12. The first-order valence-corrected chi connectivity index (χ1v) is 3.12. The van der Waals surface area contributed by atoms with E-state index in [0.29, 0.717) is 12.8 Å². The highest BCUT2D eigenvalue weighted by atomic mass is 16.1. The van der Waals surface area contributed by atoms with Gasteiger partial charge in [0, 0.05) is 6.42 Å². The second-order valence-corrected chi connectivity index (χ2v) is 2.07. The molecular weight excluding hydrogens is 124 g/mol. The van der Waals surface area contributed by atoms with Gasteiger partial charge in [0.15, 0.2) is 0 Å². The fourth-order valence-electron chi connectivity index (χ4n) is 0.563. The minimum absolute atomic E-state index is 0.382. The van der Waals surface area contributed by atoms with Crippen molar-refractivity contribution in [1.29, 1.82) is 0 Å². The van der Waals surface area contributed by atoms with Crippen molar-refractivity contribution < 1.29 is 4.79 Å². The number of carbonyl (C=O) groups excluding carboxylic acids is 1. The third-order valence-corrected chi connectivity index (χ3v) is 1.22. The summed E-state index contributed by atoms with van der Waals surface area (Å²) in [4.78, 5) is 10.00. The molecule has 0 aromatic carbocycles. The van der Waals surface area contributed by atoms with Crippen LogP contribution in [0, 0.1) is 0 Å². The summed E-state index contributed by atoms with van der Waals surface area (Å²) in [5.41, 5.74) is 1.69. The molecule has 0 aliphatic carbocycles. The Labute approximate surface area is 61.8 Å². The molecule has 1 nitrogen and oxygen atoms in total. The lowest BCUT2D eigenvalue weighted by Gasteiger charge is -2.00. The largest absolute Gasteiger partial charge is 0.303 e. The van der Waals surface area contributed by atoms with Crippen molar-refractivity contribution in [3.05, 3.63) is 37.0 Å². The Morgan fingerprint density at radius 3 is 2.10 bits per heavy atom. The molecule has 54 valence electrons. The number of aldehydes is 1. The smallest absolute Gasteiger partial charge is 0.124 e. The van der Waals surface area contributed by atoms with E-state index in [1.807, 2.05) is 0 Å². The van der Waals surface area contributed by atoms with Crippen LogP contribution in [0.4, 0.5) is 0 Å². The van der Waals surface area contributed by atoms with Gasteiger partial charge in [0.1, 0.15) is 6.29 Å². The lowest BCUT2D eigenvalue weighted by molar-refractivity contribution is -0.107. The molecule has 0 fully saturated rings. The second-order valence-electron chi connectivity index (χ2n) is 2.07. The molecule has 0 N–H and O–H groups in total. The van der Waals surface area contributed by atoms with Crippen LogP contribution < -0.4 is 0 Å². The number of allylic oxidation sites excluding steroid dienone is 3. The molecule has 0 rings (SSSR count). The number of hydrogen-bond acceptors (Lipinski definition) is 1. The van der Waals surface area contributed by atoms with Gasteiger partial charge in [0.05, 0.1) is 0 Å². The van der Waals surface area contributed by atoms with Crippen molar-refractivity contribution in [2.45, 2.75) is 12.8 Å². The maximum atomic E-state index is 10.00. The van der Waals surface area contributed by atoms with Gasteiger partial charge in [-0.1, -0.05) is 19.2 Å². The van der Waals surface area contributed by atoms with Crippen molar-refractivity contribution >= 4 is 6.29 Å². The maximum Gasteiger partial charge on any atom is 0.124 e. The van der Waals surface area contributed by atoms with E-state index in [9.17, 15) is 4.79 Å². The predicted molar refractivity (Wildman–Crippen MR) is 43.8 cm³/mol. The summed E-state index contributed by atoms with van der Waals surface area (Å²) >= 11 is 0. The summed E-state index contributed by atoms with van der Waals surface area (Å²) in [7, 11) is 0. The van der Waals surface area contributed by atoms with Crippen LogP contribution in [0.5, 0.6) is 0 Å². The Hall–Kier alpha value is -1.11. The molecule has 0 aliphatic rings. The van der Waals surface area contributed by atoms with Gasteiger partial charge in [-0.3, -0.25) is 0 Å². The zero-order chi connectivity index (χ0) is 7.98. The topological polar surface area (TPSA) is 17.1 Å². The van der Waals surface area contributed by atoms with Crippen LogP contribution in [0.15, 0.2) is 37.0 Å². The van der Waals surface area contributed by atoms with Crippen LogP contribution in [0.25, 0.3) is 0 Å². The maximum absolute atomic E-state index is 10.00. The van der Waals surface area contributed by atoms with Crippen LogP contribution in [0.1, 0.15) is 12.8 Å². The van der Waals surface area contributed by atoms with Gasteiger partial charge < -0.3 is 4.79 Å². The van der Waals surface area contributed by atoms with Crippen molar-refractivity contribution in [2.75, 3.05) is 0 Å². The molecule has 10 heavy (non-hydrogen) atoms. The molecule has 0 radical (unpaired) electrons. The Kier molecular flexibility index (Phi) is 4.21. The van der Waals surface area contributed by atoms with Crippen LogP contribution in [0.2, 0.25) is 0 Å². The third-order valence-electron chi connectivity index (χ3n) is 1.22. The molecule has 0 amide bonds. The summed E-state index contributed by atoms with van der Waals surface area (Å²) in [6.45, 7) is 11.0. The summed E-state index contributed by atoms with van der Waals surface area (Å²) in [5.74, 6) is 0. The molecule has 0 atom stereocenters. The van der Waals surface area contributed by atoms with Crippen molar-refractivity contribution in [3.8, 4) is 0 Å². The van der Waals surface area contributed by atoms with Gasteiger partial charge in [-0.15, -0.1) is 6.58 Å². The Morgan fingerprint density at radius 1 is 1.20 bits per heavy atom. The summed E-state index contributed by atoms with van der Waals surface area (Å²) in [6, 6.07) is 0. The molecule has 1 heteroatoms. The Balaban J connectivity index is 3.81. The summed E-state index contributed by atoms with van der Waals surface area (Å²) in [6.07, 6.45) is 3.67. The third kappa shape index (κ3) is 3.02. The van der Waals surface area contributed by atoms with Crippen LogP contribution in [0.3, 0.4) is 0 Å². The zero-order valence-electron chi connectivity index (χ0n) is 6.10. The first kappa shape index (κ1) is 8.89. The van der Waals surface area contributed by atoms with E-state index in [-0.39, 0.29) is 0 Å². The normalized spacial score (nSPS) is 8.40. The molecule has 0 bridgehead atoms. The van der Waals surface area contributed by atoms with Crippen molar-refractivity contribution in [3.63, 3.8) is 0 Å². The molecule has 0 saturated carbocycles. The standard InChI is InChI=1S/C9H12O/c1-4-5-8(2)9(3)6-7-10/h4,7H,1-3,5-6H2. The van der Waals surface area contributed by atoms with Gasteiger partial charge in [0.25, 0.3) is 0 Å². The summed E-state index contributed by atoms with van der Waals surface area (Å²) in [5, 5.41) is 0. The monoisotopic (exact) mass is 136 g/mol. The van der Waals surface area contributed by atoms with Gasteiger partial charge >= 0.3 is 0 Å². The van der Waals surface area contributed by atoms with Crippen molar-refractivity contribution in [1.82, 2.24) is 0 Å². The lowest BCUT2D eigenvalue weighted by atomic mass is 10.0. The quantitative estimate of drug-likeness (QED) is 0.322. The molecule has 0 aromatic heterocycles. The molecule has 0 aliphatic heterocycles. The Bertz CT molecular complexity index is 146. The van der Waals surface area contributed by atoms with E-state index in [1.54, 1.807) is 6.08 Å². The SMILES string of the molecule is C=CCC(=C)C(=C)CC=O.